The highest BCUT2D eigenvalue weighted by Gasteiger charge is 2.44. The molecule has 45 heavy (non-hydrogen) atoms. The van der Waals surface area contributed by atoms with Crippen LogP contribution in [0.25, 0.3) is 10.1 Å². The second-order valence-electron chi connectivity index (χ2n) is 12.7. The van der Waals surface area contributed by atoms with Gasteiger partial charge < -0.3 is 25.6 Å². The van der Waals surface area contributed by atoms with Gasteiger partial charge in [0.25, 0.3) is 0 Å². The number of rotatable bonds is 10. The predicted molar refractivity (Wildman–Crippen MR) is 182 cm³/mol. The quantitative estimate of drug-likeness (QED) is 0.259. The number of carbonyl (C=O) groups excluding carboxylic acids is 3. The van der Waals surface area contributed by atoms with Gasteiger partial charge in [-0.15, -0.1) is 0 Å². The Balaban J connectivity index is 1.07. The summed E-state index contributed by atoms with van der Waals surface area (Å²) in [4.78, 5) is 43.3. The van der Waals surface area contributed by atoms with Crippen LogP contribution < -0.4 is 20.7 Å². The van der Waals surface area contributed by atoms with Gasteiger partial charge in [-0.25, -0.2) is 4.79 Å². The topological polar surface area (TPSA) is 99.8 Å². The van der Waals surface area contributed by atoms with Crippen molar-refractivity contribution in [2.75, 3.05) is 31.1 Å². The summed E-state index contributed by atoms with van der Waals surface area (Å²) in [6.45, 7) is 2.79. The fraction of sp³-hybridized carbons (Fsp3) is 0.514. The monoisotopic (exact) mass is 648 g/mol. The van der Waals surface area contributed by atoms with Crippen molar-refractivity contribution < 1.29 is 19.1 Å². The molecule has 3 aliphatic rings. The molecule has 0 bridgehead atoms. The number of nitrogens with zero attached hydrogens (tertiary/aromatic N) is 1. The van der Waals surface area contributed by atoms with Gasteiger partial charge in [0.15, 0.2) is 5.06 Å². The van der Waals surface area contributed by atoms with Gasteiger partial charge in [-0.05, 0) is 86.1 Å². The average molecular weight is 649 g/mol. The van der Waals surface area contributed by atoms with E-state index in [0.29, 0.717) is 42.8 Å². The normalized spacial score (nSPS) is 20.0. The Morgan fingerprint density at radius 1 is 0.933 bits per heavy atom. The van der Waals surface area contributed by atoms with E-state index in [1.54, 1.807) is 0 Å². The van der Waals surface area contributed by atoms with Gasteiger partial charge >= 0.3 is 6.09 Å². The molecule has 3 N–H and O–H groups in total. The van der Waals surface area contributed by atoms with E-state index in [-0.39, 0.29) is 11.8 Å². The van der Waals surface area contributed by atoms with Crippen LogP contribution >= 0.6 is 23.1 Å². The average Bonchev–Trinajstić information content (AvgIpc) is 3.71. The Hall–Kier alpha value is -3.08. The van der Waals surface area contributed by atoms with Crippen LogP contribution in [-0.4, -0.2) is 71.6 Å². The van der Waals surface area contributed by atoms with Crippen LogP contribution in [0.2, 0.25) is 0 Å². The molecule has 1 aromatic heterocycles. The van der Waals surface area contributed by atoms with Crippen LogP contribution in [0, 0.1) is 5.92 Å². The van der Waals surface area contributed by atoms with E-state index in [2.05, 4.69) is 32.6 Å². The minimum atomic E-state index is -1.12. The molecule has 2 aromatic carbocycles. The van der Waals surface area contributed by atoms with Gasteiger partial charge in [-0.1, -0.05) is 72.7 Å². The van der Waals surface area contributed by atoms with Gasteiger partial charge in [0.2, 0.25) is 11.8 Å². The number of benzene rings is 2. The number of thiophene rings is 1. The standard InChI is InChI=1S/C35H44N4O4S2/c40-32(36-24-26-12-18-39(19-13-26)28-14-20-44-21-15-28)29(22-25-8-2-1-3-9-25)37-33(41)35(16-6-7-17-35)38-34(42)43-31-23-27-10-4-5-11-30(27)45-31/h1-5,8-11,23,26,28-29H,6-7,12-22,24H2,(H,36,40)(H,37,41)(H,38,42)/t29-/m1/s1. The van der Waals surface area contributed by atoms with Crippen molar-refractivity contribution in [3.8, 4) is 5.06 Å². The van der Waals surface area contributed by atoms with Crippen molar-refractivity contribution in [3.63, 3.8) is 0 Å². The van der Waals surface area contributed by atoms with E-state index < -0.39 is 17.7 Å². The third kappa shape index (κ3) is 8.20. The van der Waals surface area contributed by atoms with Gasteiger partial charge in [-0.2, -0.15) is 11.8 Å². The lowest BCUT2D eigenvalue weighted by Crippen LogP contribution is -2.61. The highest BCUT2D eigenvalue weighted by atomic mass is 32.2. The number of likely N-dealkylation sites (tertiary alicyclic amines) is 1. The number of ether oxygens (including phenoxy) is 1. The van der Waals surface area contributed by atoms with Gasteiger partial charge in [0.05, 0.1) is 0 Å². The lowest BCUT2D eigenvalue weighted by atomic mass is 9.94. The Kier molecular flexibility index (Phi) is 10.6. The second kappa shape index (κ2) is 15.0. The van der Waals surface area contributed by atoms with Crippen molar-refractivity contribution >= 4 is 51.1 Å². The van der Waals surface area contributed by atoms with Crippen LogP contribution in [0.15, 0.2) is 60.7 Å². The number of hydrogen-bond acceptors (Lipinski definition) is 7. The molecular formula is C35H44N4O4S2. The molecule has 1 saturated carbocycles. The molecule has 2 aliphatic heterocycles. The Bertz CT molecular complexity index is 1410. The van der Waals surface area contributed by atoms with Crippen molar-refractivity contribution in [1.82, 2.24) is 20.9 Å². The summed E-state index contributed by atoms with van der Waals surface area (Å²) in [5, 5.41) is 10.6. The van der Waals surface area contributed by atoms with Gasteiger partial charge in [0, 0.05) is 29.8 Å². The first-order valence-electron chi connectivity index (χ1n) is 16.4. The summed E-state index contributed by atoms with van der Waals surface area (Å²) < 4.78 is 6.67. The number of hydrogen-bond donors (Lipinski definition) is 3. The summed E-state index contributed by atoms with van der Waals surface area (Å²) >= 11 is 3.45. The highest BCUT2D eigenvalue weighted by molar-refractivity contribution is 7.99. The van der Waals surface area contributed by atoms with E-state index in [0.717, 1.165) is 54.4 Å². The molecule has 10 heteroatoms. The smallest absolute Gasteiger partial charge is 0.399 e. The van der Waals surface area contributed by atoms with Crippen molar-refractivity contribution in [2.24, 2.45) is 5.92 Å². The molecule has 240 valence electrons. The van der Waals surface area contributed by atoms with E-state index in [9.17, 15) is 14.4 Å². The lowest BCUT2D eigenvalue weighted by Gasteiger charge is -2.39. The summed E-state index contributed by atoms with van der Waals surface area (Å²) in [5.41, 5.74) is -0.150. The summed E-state index contributed by atoms with van der Waals surface area (Å²) in [6, 6.07) is 19.4. The van der Waals surface area contributed by atoms with E-state index >= 15 is 0 Å². The number of fused-ring (bicyclic) bond motifs is 1. The molecule has 2 saturated heterocycles. The van der Waals surface area contributed by atoms with Crippen LogP contribution in [-0.2, 0) is 16.0 Å². The van der Waals surface area contributed by atoms with Crippen LogP contribution in [0.4, 0.5) is 4.79 Å². The third-order valence-electron chi connectivity index (χ3n) is 9.66. The van der Waals surface area contributed by atoms with E-state index in [4.69, 9.17) is 4.74 Å². The molecule has 3 amide bonds. The number of carbonyl (C=O) groups is 3. The summed E-state index contributed by atoms with van der Waals surface area (Å²) in [5.74, 6) is 2.45. The zero-order valence-electron chi connectivity index (χ0n) is 25.8. The van der Waals surface area contributed by atoms with Crippen molar-refractivity contribution in [2.45, 2.75) is 75.4 Å². The Labute approximate surface area is 274 Å². The number of piperidine rings is 1. The van der Waals surface area contributed by atoms with Crippen LogP contribution in [0.1, 0.15) is 56.9 Å². The van der Waals surface area contributed by atoms with E-state index in [1.165, 1.54) is 35.7 Å². The Morgan fingerprint density at radius 3 is 2.38 bits per heavy atom. The SMILES string of the molecule is O=C(NC1(C(=O)N[C@H](Cc2ccccc2)C(=O)NCC2CCN(C3CCSCC3)CC2)CCCC1)Oc1cc2ccccc2s1. The minimum Gasteiger partial charge on any atom is -0.399 e. The number of nitrogens with one attached hydrogen (secondary N) is 3. The maximum absolute atomic E-state index is 13.9. The zero-order valence-corrected chi connectivity index (χ0v) is 27.4. The van der Waals surface area contributed by atoms with Gasteiger partial charge in [-0.3, -0.25) is 9.59 Å². The first-order chi connectivity index (χ1) is 22.0. The van der Waals surface area contributed by atoms with Crippen molar-refractivity contribution in [3.05, 3.63) is 66.2 Å². The molecule has 3 heterocycles. The first kappa shape index (κ1) is 31.9. The predicted octanol–water partition coefficient (Wildman–Crippen LogP) is 5.75. The maximum atomic E-state index is 13.9. The fourth-order valence-corrected chi connectivity index (χ4v) is 9.00. The van der Waals surface area contributed by atoms with E-state index in [1.807, 2.05) is 60.7 Å². The maximum Gasteiger partial charge on any atom is 0.414 e. The second-order valence-corrected chi connectivity index (χ2v) is 15.0. The third-order valence-corrected chi connectivity index (χ3v) is 11.7. The number of thioether (sulfide) groups is 1. The lowest BCUT2D eigenvalue weighted by molar-refractivity contribution is -0.132. The minimum absolute atomic E-state index is 0.181. The molecule has 3 fully saturated rings. The molecule has 1 aliphatic carbocycles. The molecule has 3 aromatic rings. The molecular weight excluding hydrogens is 605 g/mol. The molecule has 6 rings (SSSR count). The highest BCUT2D eigenvalue weighted by Crippen LogP contribution is 2.33. The molecule has 0 spiro atoms. The summed E-state index contributed by atoms with van der Waals surface area (Å²) in [7, 11) is 0. The molecule has 1 atom stereocenters. The first-order valence-corrected chi connectivity index (χ1v) is 18.4. The molecule has 0 radical (unpaired) electrons. The largest absolute Gasteiger partial charge is 0.414 e. The van der Waals surface area contributed by atoms with Gasteiger partial charge in [0.1, 0.15) is 11.6 Å². The summed E-state index contributed by atoms with van der Waals surface area (Å²) in [6.07, 6.45) is 7.06. The zero-order chi connectivity index (χ0) is 31.1. The molecule has 8 nitrogen and oxygen atoms in total. The molecule has 0 unspecified atom stereocenters. The fourth-order valence-electron chi connectivity index (χ4n) is 7.00. The van der Waals surface area contributed by atoms with Crippen LogP contribution in [0.3, 0.4) is 0 Å². The van der Waals surface area contributed by atoms with Crippen LogP contribution in [0.5, 0.6) is 5.06 Å². The Morgan fingerprint density at radius 2 is 1.64 bits per heavy atom. The van der Waals surface area contributed by atoms with Crippen molar-refractivity contribution in [1.29, 1.82) is 0 Å². The number of amides is 3.